The first-order valence-electron chi connectivity index (χ1n) is 6.90. The van der Waals surface area contributed by atoms with E-state index in [1.54, 1.807) is 12.1 Å². The van der Waals surface area contributed by atoms with Gasteiger partial charge in [0.2, 0.25) is 0 Å². The SMILES string of the molecule is FC(F)(F)C(F)(c1ccc2[nH]c(-c3ccncc3)cc2c1)C(F)(F)F. The highest BCUT2D eigenvalue weighted by Gasteiger charge is 2.73. The standard InChI is InChI=1S/C16H9F7N2/c17-14(15(18,19)20,16(21,22)23)11-1-2-12-10(7-11)8-13(25-12)9-3-5-24-6-4-9/h1-8,25H. The molecule has 2 nitrogen and oxygen atoms in total. The first kappa shape index (κ1) is 17.2. The lowest BCUT2D eigenvalue weighted by molar-refractivity contribution is -0.348. The molecule has 9 heteroatoms. The van der Waals surface area contributed by atoms with Gasteiger partial charge in [0.15, 0.2) is 0 Å². The first-order chi connectivity index (χ1) is 11.5. The molecule has 25 heavy (non-hydrogen) atoms. The number of alkyl halides is 7. The maximum Gasteiger partial charge on any atom is 0.435 e. The Morgan fingerprint density at radius 1 is 0.760 bits per heavy atom. The van der Waals surface area contributed by atoms with E-state index in [9.17, 15) is 30.7 Å². The molecule has 0 aliphatic rings. The second-order valence-electron chi connectivity index (χ2n) is 5.37. The van der Waals surface area contributed by atoms with Gasteiger partial charge in [0.25, 0.3) is 0 Å². The van der Waals surface area contributed by atoms with Gasteiger partial charge in [0.05, 0.1) is 0 Å². The molecule has 0 spiro atoms. The van der Waals surface area contributed by atoms with Crippen LogP contribution in [0.4, 0.5) is 30.7 Å². The fourth-order valence-corrected chi connectivity index (χ4v) is 2.52. The molecule has 2 heterocycles. The summed E-state index contributed by atoms with van der Waals surface area (Å²) in [6.45, 7) is 0. The number of aromatic nitrogens is 2. The minimum Gasteiger partial charge on any atom is -0.355 e. The third-order valence-corrected chi connectivity index (χ3v) is 3.79. The molecule has 3 rings (SSSR count). The van der Waals surface area contributed by atoms with Gasteiger partial charge in [-0.15, -0.1) is 0 Å². The summed E-state index contributed by atoms with van der Waals surface area (Å²) < 4.78 is 91.2. The minimum absolute atomic E-state index is 0.0276. The van der Waals surface area contributed by atoms with Crippen LogP contribution in [0.5, 0.6) is 0 Å². The van der Waals surface area contributed by atoms with Crippen molar-refractivity contribution in [2.45, 2.75) is 18.0 Å². The molecule has 0 fully saturated rings. The highest BCUT2D eigenvalue weighted by Crippen LogP contribution is 2.53. The second-order valence-corrected chi connectivity index (χ2v) is 5.37. The van der Waals surface area contributed by atoms with Gasteiger partial charge in [-0.05, 0) is 30.3 Å². The molecule has 0 unspecified atom stereocenters. The molecule has 0 atom stereocenters. The van der Waals surface area contributed by atoms with Crippen LogP contribution in [0, 0.1) is 0 Å². The van der Waals surface area contributed by atoms with Crippen LogP contribution in [0.25, 0.3) is 22.2 Å². The summed E-state index contributed by atoms with van der Waals surface area (Å²) >= 11 is 0. The van der Waals surface area contributed by atoms with Gasteiger partial charge in [0, 0.05) is 40.1 Å². The van der Waals surface area contributed by atoms with Gasteiger partial charge >= 0.3 is 18.0 Å². The predicted molar refractivity (Wildman–Crippen MR) is 76.4 cm³/mol. The Labute approximate surface area is 136 Å². The van der Waals surface area contributed by atoms with Gasteiger partial charge in [-0.3, -0.25) is 4.98 Å². The van der Waals surface area contributed by atoms with E-state index in [2.05, 4.69) is 9.97 Å². The summed E-state index contributed by atoms with van der Waals surface area (Å²) in [5.74, 6) is 0. The third-order valence-electron chi connectivity index (χ3n) is 3.79. The number of nitrogens with zero attached hydrogens (tertiary/aromatic N) is 1. The molecule has 2 aromatic heterocycles. The number of pyridine rings is 1. The summed E-state index contributed by atoms with van der Waals surface area (Å²) in [5.41, 5.74) is -5.59. The van der Waals surface area contributed by atoms with Crippen LogP contribution in [0.1, 0.15) is 5.56 Å². The Morgan fingerprint density at radius 2 is 1.36 bits per heavy atom. The predicted octanol–water partition coefficient (Wildman–Crippen LogP) is 5.52. The number of hydrogen-bond acceptors (Lipinski definition) is 1. The zero-order valence-electron chi connectivity index (χ0n) is 12.2. The molecule has 1 N–H and O–H groups in total. The molecule has 1 aromatic carbocycles. The summed E-state index contributed by atoms with van der Waals surface area (Å²) in [6.07, 6.45) is -9.31. The van der Waals surface area contributed by atoms with Crippen molar-refractivity contribution in [2.24, 2.45) is 0 Å². The zero-order chi connectivity index (χ0) is 18.5. The van der Waals surface area contributed by atoms with E-state index in [1.807, 2.05) is 0 Å². The second kappa shape index (κ2) is 5.47. The molecule has 0 radical (unpaired) electrons. The fraction of sp³-hybridized carbons (Fsp3) is 0.188. The first-order valence-corrected chi connectivity index (χ1v) is 6.90. The fourth-order valence-electron chi connectivity index (χ4n) is 2.52. The van der Waals surface area contributed by atoms with Gasteiger partial charge in [-0.2, -0.15) is 26.3 Å². The molecule has 0 bridgehead atoms. The third kappa shape index (κ3) is 2.73. The minimum atomic E-state index is -6.14. The van der Waals surface area contributed by atoms with E-state index in [4.69, 9.17) is 0 Å². The number of hydrogen-bond donors (Lipinski definition) is 1. The average molecular weight is 362 g/mol. The van der Waals surface area contributed by atoms with Crippen molar-refractivity contribution in [1.82, 2.24) is 9.97 Å². The van der Waals surface area contributed by atoms with E-state index < -0.39 is 23.6 Å². The molecule has 3 aromatic rings. The van der Waals surface area contributed by atoms with Crippen molar-refractivity contribution in [2.75, 3.05) is 0 Å². The zero-order valence-corrected chi connectivity index (χ0v) is 12.2. The normalized spacial score (nSPS) is 13.4. The monoisotopic (exact) mass is 362 g/mol. The molecule has 0 amide bonds. The van der Waals surface area contributed by atoms with E-state index in [0.29, 0.717) is 23.4 Å². The number of nitrogens with one attached hydrogen (secondary N) is 1. The molecule has 132 valence electrons. The summed E-state index contributed by atoms with van der Waals surface area (Å²) in [4.78, 5) is 6.67. The number of rotatable bonds is 2. The maximum atomic E-state index is 14.1. The topological polar surface area (TPSA) is 28.7 Å². The number of benzene rings is 1. The number of H-pyrrole nitrogens is 1. The van der Waals surface area contributed by atoms with Crippen LogP contribution < -0.4 is 0 Å². The van der Waals surface area contributed by atoms with Crippen LogP contribution in [-0.4, -0.2) is 22.3 Å². The van der Waals surface area contributed by atoms with Gasteiger partial charge in [-0.25, -0.2) is 4.39 Å². The Balaban J connectivity index is 2.15. The maximum absolute atomic E-state index is 14.1. The van der Waals surface area contributed by atoms with Crippen molar-refractivity contribution in [3.8, 4) is 11.3 Å². The van der Waals surface area contributed by atoms with Crippen LogP contribution in [0.3, 0.4) is 0 Å². The molecule has 0 saturated carbocycles. The Morgan fingerprint density at radius 3 is 1.92 bits per heavy atom. The highest BCUT2D eigenvalue weighted by atomic mass is 19.4. The van der Waals surface area contributed by atoms with Crippen molar-refractivity contribution in [1.29, 1.82) is 0 Å². The summed E-state index contributed by atoms with van der Waals surface area (Å²) in [6, 6.07) is 6.59. The van der Waals surface area contributed by atoms with Gasteiger partial charge in [0.1, 0.15) is 0 Å². The Kier molecular flexibility index (Phi) is 3.77. The smallest absolute Gasteiger partial charge is 0.355 e. The van der Waals surface area contributed by atoms with Crippen LogP contribution >= 0.6 is 0 Å². The largest absolute Gasteiger partial charge is 0.435 e. The molecular weight excluding hydrogens is 353 g/mol. The number of fused-ring (bicyclic) bond motifs is 1. The van der Waals surface area contributed by atoms with Crippen LogP contribution in [0.15, 0.2) is 48.8 Å². The number of aromatic amines is 1. The molecule has 0 aliphatic heterocycles. The number of halogens is 7. The summed E-state index contributed by atoms with van der Waals surface area (Å²) in [7, 11) is 0. The van der Waals surface area contributed by atoms with E-state index in [1.165, 1.54) is 18.5 Å². The Hall–Kier alpha value is -2.58. The average Bonchev–Trinajstić information content (AvgIpc) is 2.96. The molecule has 0 aliphatic carbocycles. The van der Waals surface area contributed by atoms with E-state index >= 15 is 0 Å². The van der Waals surface area contributed by atoms with Crippen molar-refractivity contribution >= 4 is 10.9 Å². The lowest BCUT2D eigenvalue weighted by atomic mass is 9.93. The highest BCUT2D eigenvalue weighted by molar-refractivity contribution is 5.86. The molecule has 0 saturated heterocycles. The van der Waals surface area contributed by atoms with E-state index in [-0.39, 0.29) is 10.9 Å². The van der Waals surface area contributed by atoms with Crippen molar-refractivity contribution in [3.05, 3.63) is 54.4 Å². The van der Waals surface area contributed by atoms with Crippen LogP contribution in [-0.2, 0) is 5.67 Å². The van der Waals surface area contributed by atoms with E-state index in [0.717, 1.165) is 6.07 Å². The van der Waals surface area contributed by atoms with Gasteiger partial charge < -0.3 is 4.98 Å². The lowest BCUT2D eigenvalue weighted by Gasteiger charge is -2.30. The van der Waals surface area contributed by atoms with Crippen molar-refractivity contribution in [3.63, 3.8) is 0 Å². The lowest BCUT2D eigenvalue weighted by Crippen LogP contribution is -2.50. The van der Waals surface area contributed by atoms with Crippen molar-refractivity contribution < 1.29 is 30.7 Å². The molecular formula is C16H9F7N2. The quantitative estimate of drug-likeness (QED) is 0.598. The summed E-state index contributed by atoms with van der Waals surface area (Å²) in [5, 5.41) is 0.0276. The Bertz CT molecular complexity index is 880. The van der Waals surface area contributed by atoms with Crippen LogP contribution in [0.2, 0.25) is 0 Å². The van der Waals surface area contributed by atoms with Gasteiger partial charge in [-0.1, -0.05) is 6.07 Å².